The van der Waals surface area contributed by atoms with Crippen LogP contribution in [0.25, 0.3) is 44.5 Å². The van der Waals surface area contributed by atoms with E-state index in [-0.39, 0.29) is 5.78 Å². The average Bonchev–Trinajstić information content (AvgIpc) is 3.13. The van der Waals surface area contributed by atoms with Gasteiger partial charge in [-0.3, -0.25) is 4.79 Å². The third-order valence-electron chi connectivity index (χ3n) is 8.38. The molecule has 0 N–H and O–H groups in total. The lowest BCUT2D eigenvalue weighted by molar-refractivity contribution is 0.103. The molecule has 7 aromatic rings. The summed E-state index contributed by atoms with van der Waals surface area (Å²) in [6.07, 6.45) is 0.826. The van der Waals surface area contributed by atoms with Gasteiger partial charge in [0.15, 0.2) is 5.78 Å². The van der Waals surface area contributed by atoms with E-state index in [0.29, 0.717) is 11.1 Å². The van der Waals surface area contributed by atoms with E-state index in [2.05, 4.69) is 133 Å². The Labute approximate surface area is 265 Å². The molecular formula is C44H32O. The molecule has 214 valence electrons. The molecule has 7 aromatic carbocycles. The van der Waals surface area contributed by atoms with Gasteiger partial charge in [-0.05, 0) is 62.1 Å². The fourth-order valence-corrected chi connectivity index (χ4v) is 5.78. The number of rotatable bonds is 8. The highest BCUT2D eigenvalue weighted by Gasteiger charge is 2.09. The smallest absolute Gasteiger partial charge is 0.193 e. The van der Waals surface area contributed by atoms with Crippen molar-refractivity contribution < 1.29 is 4.79 Å². The van der Waals surface area contributed by atoms with Gasteiger partial charge in [0.2, 0.25) is 0 Å². The van der Waals surface area contributed by atoms with Crippen molar-refractivity contribution in [2.75, 3.05) is 0 Å². The maximum absolute atomic E-state index is 12.7. The van der Waals surface area contributed by atoms with Crippen molar-refractivity contribution in [2.45, 2.75) is 6.42 Å². The first-order chi connectivity index (χ1) is 22.2. The Kier molecular flexibility index (Phi) is 7.99. The number of carbonyl (C=O) groups excluding carboxylic acids is 1. The average molecular weight is 577 g/mol. The van der Waals surface area contributed by atoms with Gasteiger partial charge in [-0.25, -0.2) is 0 Å². The van der Waals surface area contributed by atoms with Gasteiger partial charge in [-0.1, -0.05) is 182 Å². The molecule has 0 unspecified atom stereocenters. The summed E-state index contributed by atoms with van der Waals surface area (Å²) in [5.74, 6) is 0.0551. The second-order valence-corrected chi connectivity index (χ2v) is 11.4. The van der Waals surface area contributed by atoms with Crippen LogP contribution in [0.2, 0.25) is 0 Å². The predicted molar refractivity (Wildman–Crippen MR) is 187 cm³/mol. The monoisotopic (exact) mass is 576 g/mol. The van der Waals surface area contributed by atoms with Gasteiger partial charge in [0.05, 0.1) is 0 Å². The van der Waals surface area contributed by atoms with Crippen molar-refractivity contribution in [3.63, 3.8) is 0 Å². The maximum atomic E-state index is 12.7. The fraction of sp³-hybridized carbons (Fsp3) is 0.0227. The lowest BCUT2D eigenvalue weighted by atomic mass is 9.96. The molecule has 0 aromatic heterocycles. The van der Waals surface area contributed by atoms with E-state index in [0.717, 1.165) is 6.42 Å². The zero-order chi connectivity index (χ0) is 30.4. The molecule has 0 saturated carbocycles. The normalized spacial score (nSPS) is 10.8. The van der Waals surface area contributed by atoms with Crippen LogP contribution in [-0.4, -0.2) is 5.78 Å². The zero-order valence-corrected chi connectivity index (χ0v) is 24.9. The SMILES string of the molecule is O=C(c1ccccc1)c1ccc(Cc2ccc(-c3ccc(-c4ccc(-c5ccc(-c6ccccc6)cc5)cc4)cc3)cc2)cc1. The van der Waals surface area contributed by atoms with Crippen LogP contribution in [0.15, 0.2) is 182 Å². The highest BCUT2D eigenvalue weighted by atomic mass is 16.1. The number of ketones is 1. The predicted octanol–water partition coefficient (Wildman–Crippen LogP) is 11.2. The summed E-state index contributed by atoms with van der Waals surface area (Å²) in [4.78, 5) is 12.7. The Hall–Kier alpha value is -5.79. The summed E-state index contributed by atoms with van der Waals surface area (Å²) in [5.41, 5.74) is 13.6. The summed E-state index contributed by atoms with van der Waals surface area (Å²) in [7, 11) is 0. The third kappa shape index (κ3) is 6.44. The summed E-state index contributed by atoms with van der Waals surface area (Å²) >= 11 is 0. The molecule has 1 nitrogen and oxygen atoms in total. The van der Waals surface area contributed by atoms with E-state index in [1.54, 1.807) is 0 Å². The van der Waals surface area contributed by atoms with Gasteiger partial charge in [0.1, 0.15) is 0 Å². The van der Waals surface area contributed by atoms with Crippen LogP contribution in [-0.2, 0) is 6.42 Å². The van der Waals surface area contributed by atoms with E-state index in [1.165, 1.54) is 55.6 Å². The topological polar surface area (TPSA) is 17.1 Å². The van der Waals surface area contributed by atoms with E-state index < -0.39 is 0 Å². The Morgan fingerprint density at radius 3 is 0.933 bits per heavy atom. The molecule has 0 spiro atoms. The van der Waals surface area contributed by atoms with Gasteiger partial charge in [0.25, 0.3) is 0 Å². The van der Waals surface area contributed by atoms with E-state index in [9.17, 15) is 4.79 Å². The molecule has 0 saturated heterocycles. The Balaban J connectivity index is 0.984. The number of hydrogen-bond acceptors (Lipinski definition) is 1. The molecule has 0 aliphatic heterocycles. The minimum atomic E-state index is 0.0551. The molecule has 0 heterocycles. The molecule has 7 rings (SSSR count). The third-order valence-corrected chi connectivity index (χ3v) is 8.38. The Morgan fingerprint density at radius 2 is 0.556 bits per heavy atom. The van der Waals surface area contributed by atoms with Gasteiger partial charge >= 0.3 is 0 Å². The maximum Gasteiger partial charge on any atom is 0.193 e. The van der Waals surface area contributed by atoms with Crippen molar-refractivity contribution in [1.82, 2.24) is 0 Å². The molecule has 0 radical (unpaired) electrons. The van der Waals surface area contributed by atoms with Gasteiger partial charge in [-0.2, -0.15) is 0 Å². The first-order valence-corrected chi connectivity index (χ1v) is 15.3. The van der Waals surface area contributed by atoms with Crippen LogP contribution in [0, 0.1) is 0 Å². The number of carbonyl (C=O) groups is 1. The van der Waals surface area contributed by atoms with Crippen LogP contribution >= 0.6 is 0 Å². The molecule has 0 amide bonds. The van der Waals surface area contributed by atoms with Crippen molar-refractivity contribution in [1.29, 1.82) is 0 Å². The summed E-state index contributed by atoms with van der Waals surface area (Å²) in [6.45, 7) is 0. The van der Waals surface area contributed by atoms with Crippen LogP contribution in [0.4, 0.5) is 0 Å². The molecule has 0 atom stereocenters. The molecule has 0 fully saturated rings. The van der Waals surface area contributed by atoms with Crippen molar-refractivity contribution >= 4 is 5.78 Å². The Bertz CT molecular complexity index is 2000. The first-order valence-electron chi connectivity index (χ1n) is 15.3. The molecule has 45 heavy (non-hydrogen) atoms. The Morgan fingerprint density at radius 1 is 0.289 bits per heavy atom. The molecule has 0 aliphatic rings. The first kappa shape index (κ1) is 28.0. The highest BCUT2D eigenvalue weighted by molar-refractivity contribution is 6.08. The summed E-state index contributed by atoms with van der Waals surface area (Å²) < 4.78 is 0. The van der Waals surface area contributed by atoms with Crippen LogP contribution in [0.1, 0.15) is 27.0 Å². The van der Waals surface area contributed by atoms with Crippen LogP contribution in [0.5, 0.6) is 0 Å². The lowest BCUT2D eigenvalue weighted by Gasteiger charge is -2.09. The van der Waals surface area contributed by atoms with Crippen LogP contribution < -0.4 is 0 Å². The van der Waals surface area contributed by atoms with Gasteiger partial charge in [0, 0.05) is 11.1 Å². The number of hydrogen-bond donors (Lipinski definition) is 0. The fourth-order valence-electron chi connectivity index (χ4n) is 5.78. The van der Waals surface area contributed by atoms with E-state index in [1.807, 2.05) is 48.5 Å². The van der Waals surface area contributed by atoms with Gasteiger partial charge < -0.3 is 0 Å². The quantitative estimate of drug-likeness (QED) is 0.164. The summed E-state index contributed by atoms with van der Waals surface area (Å²) in [6, 6.07) is 63.0. The molecule has 1 heteroatoms. The van der Waals surface area contributed by atoms with E-state index in [4.69, 9.17) is 0 Å². The lowest BCUT2D eigenvalue weighted by Crippen LogP contribution is -2.01. The highest BCUT2D eigenvalue weighted by Crippen LogP contribution is 2.29. The van der Waals surface area contributed by atoms with E-state index >= 15 is 0 Å². The van der Waals surface area contributed by atoms with Gasteiger partial charge in [-0.15, -0.1) is 0 Å². The molecule has 0 aliphatic carbocycles. The second kappa shape index (κ2) is 12.8. The van der Waals surface area contributed by atoms with Crippen molar-refractivity contribution in [2.24, 2.45) is 0 Å². The molecular weight excluding hydrogens is 544 g/mol. The van der Waals surface area contributed by atoms with Crippen molar-refractivity contribution in [3.05, 3.63) is 204 Å². The van der Waals surface area contributed by atoms with Crippen LogP contribution in [0.3, 0.4) is 0 Å². The molecule has 0 bridgehead atoms. The zero-order valence-electron chi connectivity index (χ0n) is 24.9. The number of benzene rings is 7. The minimum Gasteiger partial charge on any atom is -0.289 e. The van der Waals surface area contributed by atoms with Crippen molar-refractivity contribution in [3.8, 4) is 44.5 Å². The second-order valence-electron chi connectivity index (χ2n) is 11.4. The largest absolute Gasteiger partial charge is 0.289 e. The summed E-state index contributed by atoms with van der Waals surface area (Å²) in [5, 5.41) is 0. The standard InChI is InChI=1S/C44H32O/c45-44(42-9-5-2-6-10-42)43-17-13-33(14-18-43)31-32-11-15-35(16-12-32)37-23-25-39(26-24-37)41-29-27-40(28-30-41)38-21-19-36(20-22-38)34-7-3-1-4-8-34/h1-30H,31H2. The minimum absolute atomic E-state index is 0.0551.